The molecule has 0 spiro atoms. The Morgan fingerprint density at radius 3 is 1.40 bits per heavy atom. The van der Waals surface area contributed by atoms with Crippen LogP contribution in [0.4, 0.5) is 0 Å². The number of halogens is 2. The first-order chi connectivity index (χ1) is 38.5. The van der Waals surface area contributed by atoms with Crippen molar-refractivity contribution in [2.75, 3.05) is 21.3 Å². The standard InChI is InChI=1S/C63H76Cl2N6O10/c1-38-46(36-78-56-24-54(76-34-44-20-42(26-66)28-68-30-44)48(22-52(56)64)32-70-58(60(72)74-12)40(3)80-62(5,6)7)16-14-18-50(38)51-19-15-17-47(39(51)2)37-79-57-25-55(77-35-45-21-43(27-67-11)29-69-31-45)49(23-53(57)65)33-71-59(61(73)75-13)41(4)81-63(8,9)10/h14-31,40-41,58-59,66,70-71H,32-37H2,1-13H3/b66-26?,67-27+/t40-,41-,58+,59+/m1/s1. The zero-order valence-corrected chi connectivity index (χ0v) is 50.1. The molecule has 2 heterocycles. The highest BCUT2D eigenvalue weighted by molar-refractivity contribution is 6.32. The first-order valence-electron chi connectivity index (χ1n) is 26.6. The zero-order valence-electron chi connectivity index (χ0n) is 48.6. The average Bonchev–Trinajstić information content (AvgIpc) is 3.60. The molecule has 432 valence electrons. The van der Waals surface area contributed by atoms with Crippen LogP contribution in [0.2, 0.25) is 10.0 Å². The Labute approximate surface area is 486 Å². The van der Waals surface area contributed by atoms with E-state index in [9.17, 15) is 9.59 Å². The number of carbonyl (C=O) groups is 2. The summed E-state index contributed by atoms with van der Waals surface area (Å²) in [5.41, 5.74) is 9.32. The van der Waals surface area contributed by atoms with E-state index in [2.05, 4.69) is 51.6 Å². The first kappa shape index (κ1) is 63.3. The average molecular weight is 1150 g/mol. The van der Waals surface area contributed by atoms with E-state index in [1.54, 1.807) is 62.3 Å². The number of nitrogens with zero attached hydrogens (tertiary/aromatic N) is 3. The van der Waals surface area contributed by atoms with Crippen molar-refractivity contribution in [3.63, 3.8) is 0 Å². The summed E-state index contributed by atoms with van der Waals surface area (Å²) in [4.78, 5) is 38.8. The predicted molar refractivity (Wildman–Crippen MR) is 317 cm³/mol. The van der Waals surface area contributed by atoms with Crippen molar-refractivity contribution in [3.05, 3.63) is 163 Å². The van der Waals surface area contributed by atoms with E-state index in [1.165, 1.54) is 20.4 Å². The van der Waals surface area contributed by atoms with Gasteiger partial charge in [-0.15, -0.1) is 0 Å². The molecule has 0 radical (unpaired) electrons. The van der Waals surface area contributed by atoms with Crippen molar-refractivity contribution in [2.45, 2.75) is 144 Å². The summed E-state index contributed by atoms with van der Waals surface area (Å²) in [5, 5.41) is 15.0. The van der Waals surface area contributed by atoms with Crippen LogP contribution in [0.3, 0.4) is 0 Å². The third-order valence-corrected chi connectivity index (χ3v) is 13.6. The van der Waals surface area contributed by atoms with E-state index < -0.39 is 47.4 Å². The van der Waals surface area contributed by atoms with Crippen LogP contribution in [0, 0.1) is 19.3 Å². The Balaban J connectivity index is 1.23. The Kier molecular flexibility index (Phi) is 22.8. The van der Waals surface area contributed by atoms with Crippen molar-refractivity contribution in [1.82, 2.24) is 20.6 Å². The minimum atomic E-state index is -0.797. The molecule has 0 saturated carbocycles. The van der Waals surface area contributed by atoms with Crippen LogP contribution < -0.4 is 29.6 Å². The van der Waals surface area contributed by atoms with Crippen LogP contribution in [0.25, 0.3) is 11.1 Å². The van der Waals surface area contributed by atoms with Crippen molar-refractivity contribution in [2.24, 2.45) is 4.99 Å². The molecule has 81 heavy (non-hydrogen) atoms. The number of hydrogen-bond acceptors (Lipinski definition) is 16. The van der Waals surface area contributed by atoms with Gasteiger partial charge in [-0.1, -0.05) is 59.6 Å². The topological polar surface area (TPSA) is 194 Å². The van der Waals surface area contributed by atoms with E-state index in [0.29, 0.717) is 49.7 Å². The van der Waals surface area contributed by atoms with Gasteiger partial charge >= 0.3 is 11.9 Å². The molecular weight excluding hydrogens is 1070 g/mol. The molecule has 0 aliphatic rings. The highest BCUT2D eigenvalue weighted by atomic mass is 35.5. The van der Waals surface area contributed by atoms with Gasteiger partial charge in [0.1, 0.15) is 61.5 Å². The Morgan fingerprint density at radius 2 is 1.00 bits per heavy atom. The number of esters is 2. The molecule has 0 unspecified atom stereocenters. The molecule has 16 nitrogen and oxygen atoms in total. The third kappa shape index (κ3) is 18.3. The number of rotatable bonds is 27. The summed E-state index contributed by atoms with van der Waals surface area (Å²) in [7, 11) is 4.39. The van der Waals surface area contributed by atoms with Gasteiger partial charge in [0.25, 0.3) is 0 Å². The van der Waals surface area contributed by atoms with Crippen molar-refractivity contribution in [3.8, 4) is 34.1 Å². The lowest BCUT2D eigenvalue weighted by molar-refractivity contribution is -0.152. The fourth-order valence-electron chi connectivity index (χ4n) is 9.11. The number of methoxy groups -OCH3 is 2. The SMILES string of the molecule is C/N=C/c1cncc(COc2cc(OCc3cccc(-c4cccc(COc5cc(OCc6cncc(C=N)c6)c(CN[C@H](C(=O)OC)[C@@H](C)OC(C)(C)C)cc5Cl)c4C)c3C)c(Cl)cc2CN[C@H](C(=O)OC)[C@@H](C)OC(C)(C)C)c1. The van der Waals surface area contributed by atoms with Gasteiger partial charge in [0.05, 0.1) is 47.7 Å². The second-order valence-electron chi connectivity index (χ2n) is 21.5. The largest absolute Gasteiger partial charge is 0.488 e. The molecule has 0 fully saturated rings. The molecule has 0 aliphatic carbocycles. The number of aromatic nitrogens is 2. The molecule has 0 amide bonds. The third-order valence-electron chi connectivity index (χ3n) is 13.0. The molecular formula is C63H76Cl2N6O10. The van der Waals surface area contributed by atoms with E-state index in [-0.39, 0.29) is 39.5 Å². The van der Waals surface area contributed by atoms with Gasteiger partial charge in [-0.2, -0.15) is 0 Å². The molecule has 0 saturated heterocycles. The molecule has 4 aromatic carbocycles. The lowest BCUT2D eigenvalue weighted by atomic mass is 9.92. The number of hydrogen-bond donors (Lipinski definition) is 3. The van der Waals surface area contributed by atoms with Crippen LogP contribution in [0.1, 0.15) is 111 Å². The predicted octanol–water partition coefficient (Wildman–Crippen LogP) is 12.1. The second-order valence-corrected chi connectivity index (χ2v) is 22.3. The molecule has 18 heteroatoms. The molecule has 2 aromatic heterocycles. The summed E-state index contributed by atoms with van der Waals surface area (Å²) < 4.78 is 48.5. The minimum absolute atomic E-state index is 0.140. The van der Waals surface area contributed by atoms with Gasteiger partial charge in [0.2, 0.25) is 0 Å². The summed E-state index contributed by atoms with van der Waals surface area (Å²) in [5.74, 6) is 0.829. The maximum Gasteiger partial charge on any atom is 0.325 e. The lowest BCUT2D eigenvalue weighted by Gasteiger charge is -2.30. The van der Waals surface area contributed by atoms with Crippen LogP contribution in [-0.4, -0.2) is 91.1 Å². The monoisotopic (exact) mass is 1150 g/mol. The van der Waals surface area contributed by atoms with Crippen LogP contribution in [0.5, 0.6) is 23.0 Å². The van der Waals surface area contributed by atoms with E-state index in [4.69, 9.17) is 66.5 Å². The van der Waals surface area contributed by atoms with Gasteiger partial charge < -0.3 is 43.3 Å². The summed E-state index contributed by atoms with van der Waals surface area (Å²) in [6.45, 7) is 20.4. The van der Waals surface area contributed by atoms with Gasteiger partial charge in [0.15, 0.2) is 0 Å². The Morgan fingerprint density at radius 1 is 0.593 bits per heavy atom. The highest BCUT2D eigenvalue weighted by Crippen LogP contribution is 2.38. The van der Waals surface area contributed by atoms with E-state index in [0.717, 1.165) is 50.1 Å². The van der Waals surface area contributed by atoms with Crippen molar-refractivity contribution < 1.29 is 47.5 Å². The minimum Gasteiger partial charge on any atom is -0.488 e. The second kappa shape index (κ2) is 29.2. The number of benzene rings is 4. The van der Waals surface area contributed by atoms with Gasteiger partial charge in [-0.3, -0.25) is 35.2 Å². The summed E-state index contributed by atoms with van der Waals surface area (Å²) in [6, 6.07) is 21.5. The number of carbonyl (C=O) groups excluding carboxylic acids is 2. The van der Waals surface area contributed by atoms with E-state index >= 15 is 0 Å². The molecule has 0 bridgehead atoms. The number of nitrogens with one attached hydrogen (secondary N) is 3. The number of ether oxygens (including phenoxy) is 8. The lowest BCUT2D eigenvalue weighted by Crippen LogP contribution is -2.48. The normalized spacial score (nSPS) is 13.3. The van der Waals surface area contributed by atoms with E-state index in [1.807, 2.05) is 91.8 Å². The van der Waals surface area contributed by atoms with Crippen molar-refractivity contribution >= 4 is 47.6 Å². The quantitative estimate of drug-likeness (QED) is 0.0326. The van der Waals surface area contributed by atoms with Gasteiger partial charge in [-0.25, -0.2) is 0 Å². The molecule has 3 N–H and O–H groups in total. The summed E-state index contributed by atoms with van der Waals surface area (Å²) >= 11 is 14.0. The molecule has 0 aliphatic heterocycles. The van der Waals surface area contributed by atoms with Crippen LogP contribution >= 0.6 is 23.2 Å². The molecule has 4 atom stereocenters. The Bertz CT molecular complexity index is 3160. The van der Waals surface area contributed by atoms with Crippen LogP contribution in [-0.2, 0) is 68.1 Å². The van der Waals surface area contributed by atoms with Crippen LogP contribution in [0.15, 0.2) is 103 Å². The number of aliphatic imine (C=N–C) groups is 1. The Hall–Kier alpha value is -6.92. The highest BCUT2D eigenvalue weighted by Gasteiger charge is 2.32. The van der Waals surface area contributed by atoms with Gasteiger partial charge in [-0.05, 0) is 127 Å². The zero-order chi connectivity index (χ0) is 59.0. The fourth-order valence-corrected chi connectivity index (χ4v) is 9.60. The number of pyridine rings is 2. The summed E-state index contributed by atoms with van der Waals surface area (Å²) in [6.07, 6.45) is 8.64. The fraction of sp³-hybridized carbons (Fsp3) is 0.397. The van der Waals surface area contributed by atoms with Crippen molar-refractivity contribution in [1.29, 1.82) is 5.41 Å². The molecule has 6 rings (SSSR count). The molecule has 6 aromatic rings. The first-order valence-corrected chi connectivity index (χ1v) is 27.4. The van der Waals surface area contributed by atoms with Gasteiger partial charge in [0, 0.05) is 103 Å². The smallest absolute Gasteiger partial charge is 0.325 e. The maximum absolute atomic E-state index is 13.0. The maximum atomic E-state index is 13.0.